The highest BCUT2D eigenvalue weighted by Gasteiger charge is 2.52. The third kappa shape index (κ3) is 1.94. The summed E-state index contributed by atoms with van der Waals surface area (Å²) in [4.78, 5) is 18.1. The van der Waals surface area contributed by atoms with E-state index in [2.05, 4.69) is 9.97 Å². The minimum Gasteiger partial charge on any atom is -0.480 e. The zero-order valence-corrected chi connectivity index (χ0v) is 11.9. The Morgan fingerprint density at radius 2 is 2.25 bits per heavy atom. The van der Waals surface area contributed by atoms with Crippen molar-refractivity contribution in [2.75, 3.05) is 6.54 Å². The average molecular weight is 299 g/mol. The molecule has 1 aliphatic carbocycles. The van der Waals surface area contributed by atoms with E-state index in [1.807, 2.05) is 0 Å². The normalized spacial score (nSPS) is 30.6. The molecule has 0 amide bonds. The van der Waals surface area contributed by atoms with Crippen LogP contribution in [0.2, 0.25) is 0 Å². The summed E-state index contributed by atoms with van der Waals surface area (Å²) in [6, 6.07) is -0.948. The van der Waals surface area contributed by atoms with Crippen LogP contribution in [0.5, 0.6) is 0 Å². The summed E-state index contributed by atoms with van der Waals surface area (Å²) in [5, 5.41) is 9.39. The van der Waals surface area contributed by atoms with Gasteiger partial charge in [0.1, 0.15) is 11.9 Å². The number of aryl methyl sites for hydroxylation is 1. The highest BCUT2D eigenvalue weighted by Crippen LogP contribution is 2.44. The number of H-pyrrole nitrogens is 1. The Morgan fingerprint density at radius 3 is 2.85 bits per heavy atom. The third-order valence-corrected chi connectivity index (χ3v) is 6.12. The van der Waals surface area contributed by atoms with Crippen molar-refractivity contribution in [3.63, 3.8) is 0 Å². The van der Waals surface area contributed by atoms with E-state index in [1.54, 1.807) is 6.92 Å². The van der Waals surface area contributed by atoms with Gasteiger partial charge < -0.3 is 10.1 Å². The molecule has 2 N–H and O–H groups in total. The molecular weight excluding hydrogens is 282 g/mol. The van der Waals surface area contributed by atoms with Crippen molar-refractivity contribution in [2.24, 2.45) is 11.8 Å². The first kappa shape index (κ1) is 13.6. The molecule has 20 heavy (non-hydrogen) atoms. The second kappa shape index (κ2) is 4.56. The summed E-state index contributed by atoms with van der Waals surface area (Å²) in [6.07, 6.45) is 3.92. The van der Waals surface area contributed by atoms with Crippen LogP contribution in [-0.4, -0.2) is 46.4 Å². The lowest BCUT2D eigenvalue weighted by atomic mass is 9.94. The van der Waals surface area contributed by atoms with Crippen LogP contribution in [0.25, 0.3) is 0 Å². The summed E-state index contributed by atoms with van der Waals surface area (Å²) >= 11 is 0. The van der Waals surface area contributed by atoms with Gasteiger partial charge in [0.15, 0.2) is 5.03 Å². The van der Waals surface area contributed by atoms with E-state index in [0.717, 1.165) is 23.6 Å². The van der Waals surface area contributed by atoms with Crippen molar-refractivity contribution >= 4 is 16.0 Å². The second-order valence-electron chi connectivity index (χ2n) is 5.55. The number of carbonyl (C=O) groups is 1. The molecule has 0 spiro atoms. The maximum Gasteiger partial charge on any atom is 0.322 e. The van der Waals surface area contributed by atoms with Crippen LogP contribution in [0.15, 0.2) is 11.2 Å². The first-order valence-electron chi connectivity index (χ1n) is 6.67. The molecule has 3 rings (SSSR count). The average Bonchev–Trinajstić information content (AvgIpc) is 3.00. The topological polar surface area (TPSA) is 103 Å². The fourth-order valence-corrected chi connectivity index (χ4v) is 5.12. The highest BCUT2D eigenvalue weighted by atomic mass is 32.2. The summed E-state index contributed by atoms with van der Waals surface area (Å²) < 4.78 is 26.3. The lowest BCUT2D eigenvalue weighted by Gasteiger charge is -2.22. The molecule has 2 fully saturated rings. The number of hydrogen-bond donors (Lipinski definition) is 2. The zero-order valence-electron chi connectivity index (χ0n) is 11.1. The predicted octanol–water partition coefficient (Wildman–Crippen LogP) is 0.592. The van der Waals surface area contributed by atoms with Crippen molar-refractivity contribution in [3.8, 4) is 0 Å². The van der Waals surface area contributed by atoms with Crippen LogP contribution in [0.1, 0.15) is 25.1 Å². The van der Waals surface area contributed by atoms with Crippen LogP contribution in [0, 0.1) is 18.8 Å². The minimum atomic E-state index is -3.82. The van der Waals surface area contributed by atoms with Gasteiger partial charge in [0.05, 0.1) is 6.20 Å². The van der Waals surface area contributed by atoms with Gasteiger partial charge in [0, 0.05) is 6.54 Å². The van der Waals surface area contributed by atoms with Gasteiger partial charge in [-0.1, -0.05) is 6.42 Å². The first-order valence-corrected chi connectivity index (χ1v) is 8.11. The van der Waals surface area contributed by atoms with Gasteiger partial charge in [-0.05, 0) is 31.6 Å². The largest absolute Gasteiger partial charge is 0.480 e. The Kier molecular flexibility index (Phi) is 3.09. The SMILES string of the molecule is Cc1ncc(S(=O)(=O)N2CC3CCCC3C2C(=O)O)[nH]1. The number of rotatable bonds is 3. The van der Waals surface area contributed by atoms with Gasteiger partial charge in [-0.25, -0.2) is 13.4 Å². The molecule has 110 valence electrons. The van der Waals surface area contributed by atoms with E-state index in [9.17, 15) is 18.3 Å². The standard InChI is InChI=1S/C12H17N3O4S/c1-7-13-5-10(14-7)20(18,19)15-6-8-3-2-4-9(8)11(15)12(16)17/h5,8-9,11H,2-4,6H2,1H3,(H,13,14)(H,16,17). The molecule has 2 aliphatic rings. The smallest absolute Gasteiger partial charge is 0.322 e. The van der Waals surface area contributed by atoms with Gasteiger partial charge in [0.2, 0.25) is 0 Å². The van der Waals surface area contributed by atoms with E-state index in [0.29, 0.717) is 12.4 Å². The number of aromatic nitrogens is 2. The van der Waals surface area contributed by atoms with E-state index >= 15 is 0 Å². The molecule has 3 unspecified atom stereocenters. The Morgan fingerprint density at radius 1 is 1.50 bits per heavy atom. The molecule has 0 radical (unpaired) electrons. The molecule has 2 heterocycles. The molecule has 7 nitrogen and oxygen atoms in total. The predicted molar refractivity (Wildman–Crippen MR) is 69.5 cm³/mol. The monoisotopic (exact) mass is 299 g/mol. The Balaban J connectivity index is 1.98. The molecule has 1 aromatic heterocycles. The molecule has 8 heteroatoms. The summed E-state index contributed by atoms with van der Waals surface area (Å²) in [7, 11) is -3.82. The molecule has 1 aromatic rings. The number of imidazole rings is 1. The maximum atomic E-state index is 12.6. The molecule has 1 saturated heterocycles. The van der Waals surface area contributed by atoms with Crippen molar-refractivity contribution in [3.05, 3.63) is 12.0 Å². The fourth-order valence-electron chi connectivity index (χ4n) is 3.48. The van der Waals surface area contributed by atoms with Crippen LogP contribution in [0.4, 0.5) is 0 Å². The quantitative estimate of drug-likeness (QED) is 0.850. The number of fused-ring (bicyclic) bond motifs is 1. The summed E-state index contributed by atoms with van der Waals surface area (Å²) in [5.74, 6) is -0.463. The van der Waals surface area contributed by atoms with Gasteiger partial charge in [-0.15, -0.1) is 0 Å². The molecule has 1 aliphatic heterocycles. The van der Waals surface area contributed by atoms with E-state index in [1.165, 1.54) is 6.20 Å². The number of aromatic amines is 1. The van der Waals surface area contributed by atoms with Crippen LogP contribution in [0.3, 0.4) is 0 Å². The van der Waals surface area contributed by atoms with Gasteiger partial charge >= 0.3 is 5.97 Å². The number of nitrogens with one attached hydrogen (secondary N) is 1. The molecule has 0 aromatic carbocycles. The van der Waals surface area contributed by atoms with Gasteiger partial charge in [-0.2, -0.15) is 4.31 Å². The molecule has 0 bridgehead atoms. The third-order valence-electron chi connectivity index (χ3n) is 4.37. The number of aliphatic carboxylic acids is 1. The fraction of sp³-hybridized carbons (Fsp3) is 0.667. The van der Waals surface area contributed by atoms with Crippen LogP contribution in [-0.2, 0) is 14.8 Å². The van der Waals surface area contributed by atoms with Crippen molar-refractivity contribution < 1.29 is 18.3 Å². The van der Waals surface area contributed by atoms with Crippen molar-refractivity contribution in [2.45, 2.75) is 37.3 Å². The van der Waals surface area contributed by atoms with Crippen molar-refractivity contribution in [1.82, 2.24) is 14.3 Å². The van der Waals surface area contributed by atoms with E-state index in [-0.39, 0.29) is 16.9 Å². The van der Waals surface area contributed by atoms with E-state index < -0.39 is 22.0 Å². The van der Waals surface area contributed by atoms with E-state index in [4.69, 9.17) is 0 Å². The van der Waals surface area contributed by atoms with Crippen molar-refractivity contribution in [1.29, 1.82) is 0 Å². The number of nitrogens with zero attached hydrogens (tertiary/aromatic N) is 2. The Bertz CT molecular complexity index is 639. The second-order valence-corrected chi connectivity index (χ2v) is 7.40. The van der Waals surface area contributed by atoms with Crippen LogP contribution >= 0.6 is 0 Å². The number of sulfonamides is 1. The Labute approximate surface area is 117 Å². The van der Waals surface area contributed by atoms with Gasteiger partial charge in [-0.3, -0.25) is 4.79 Å². The highest BCUT2D eigenvalue weighted by molar-refractivity contribution is 7.89. The number of hydrogen-bond acceptors (Lipinski definition) is 4. The Hall–Kier alpha value is -1.41. The lowest BCUT2D eigenvalue weighted by molar-refractivity contribution is -0.142. The lowest BCUT2D eigenvalue weighted by Crippen LogP contribution is -2.43. The molecular formula is C12H17N3O4S. The first-order chi connectivity index (χ1) is 9.41. The molecule has 1 saturated carbocycles. The number of carboxylic acids is 1. The van der Waals surface area contributed by atoms with Crippen LogP contribution < -0.4 is 0 Å². The summed E-state index contributed by atoms with van der Waals surface area (Å²) in [6.45, 7) is 1.95. The summed E-state index contributed by atoms with van der Waals surface area (Å²) in [5.41, 5.74) is 0. The van der Waals surface area contributed by atoms with Gasteiger partial charge in [0.25, 0.3) is 10.0 Å². The zero-order chi connectivity index (χ0) is 14.5. The number of carboxylic acid groups (broad SMARTS) is 1. The molecule has 3 atom stereocenters. The maximum absolute atomic E-state index is 12.6. The minimum absolute atomic E-state index is 0.0266.